The predicted octanol–water partition coefficient (Wildman–Crippen LogP) is 2.90. The molecule has 20 heavy (non-hydrogen) atoms. The van der Waals surface area contributed by atoms with E-state index in [4.69, 9.17) is 5.11 Å². The van der Waals surface area contributed by atoms with Crippen LogP contribution in [0, 0.1) is 0 Å². The third-order valence-electron chi connectivity index (χ3n) is 3.60. The second kappa shape index (κ2) is 7.90. The molecule has 1 atom stereocenters. The minimum Gasteiger partial charge on any atom is -0.508 e. The Balaban J connectivity index is 2.50. The summed E-state index contributed by atoms with van der Waals surface area (Å²) in [5.41, 5.74) is 1.19. The molecule has 0 aliphatic carbocycles. The van der Waals surface area contributed by atoms with Crippen LogP contribution in [0.15, 0.2) is 24.3 Å². The third kappa shape index (κ3) is 5.61. The molecule has 0 aliphatic rings. The molecule has 1 rings (SSSR count). The van der Waals surface area contributed by atoms with Gasteiger partial charge in [-0.15, -0.1) is 0 Å². The van der Waals surface area contributed by atoms with Gasteiger partial charge in [-0.1, -0.05) is 12.1 Å². The van der Waals surface area contributed by atoms with Gasteiger partial charge in [-0.25, -0.2) is 0 Å². The van der Waals surface area contributed by atoms with E-state index in [1.54, 1.807) is 12.1 Å². The normalized spacial score (nSPS) is 12.8. The second-order valence-electron chi connectivity index (χ2n) is 5.53. The lowest BCUT2D eigenvalue weighted by atomic mass is 10.0. The number of phenols is 1. The van der Waals surface area contributed by atoms with Gasteiger partial charge >= 0.3 is 5.97 Å². The fraction of sp³-hybridized carbons (Fsp3) is 0.562. The van der Waals surface area contributed by atoms with Gasteiger partial charge in [-0.2, -0.15) is 0 Å². The molecule has 1 unspecified atom stereocenters. The number of carboxylic acid groups (broad SMARTS) is 1. The number of phenolic OH excluding ortho intramolecular Hbond substituents is 1. The molecular formula is C16H25NO3. The Kier molecular flexibility index (Phi) is 6.52. The summed E-state index contributed by atoms with van der Waals surface area (Å²) in [6, 6.07) is 7.93. The molecule has 1 aromatic carbocycles. The van der Waals surface area contributed by atoms with Crippen molar-refractivity contribution in [3.8, 4) is 5.75 Å². The van der Waals surface area contributed by atoms with E-state index in [0.29, 0.717) is 18.6 Å². The van der Waals surface area contributed by atoms with E-state index in [1.807, 2.05) is 12.1 Å². The molecule has 0 radical (unpaired) electrons. The van der Waals surface area contributed by atoms with Crippen LogP contribution in [0.3, 0.4) is 0 Å². The maximum absolute atomic E-state index is 10.7. The molecule has 2 N–H and O–H groups in total. The first-order valence-corrected chi connectivity index (χ1v) is 7.15. The zero-order valence-corrected chi connectivity index (χ0v) is 12.5. The number of aromatic hydroxyl groups is 1. The summed E-state index contributed by atoms with van der Waals surface area (Å²) in [6.07, 6.45) is 2.09. The minimum absolute atomic E-state index is 0.182. The van der Waals surface area contributed by atoms with Crippen molar-refractivity contribution in [1.29, 1.82) is 0 Å². The first-order chi connectivity index (χ1) is 9.40. The van der Waals surface area contributed by atoms with Crippen LogP contribution in [-0.2, 0) is 11.2 Å². The van der Waals surface area contributed by atoms with Gasteiger partial charge in [0, 0.05) is 18.6 Å². The lowest BCUT2D eigenvalue weighted by Crippen LogP contribution is -2.40. The lowest BCUT2D eigenvalue weighted by Gasteiger charge is -2.32. The quantitative estimate of drug-likeness (QED) is 0.768. The van der Waals surface area contributed by atoms with E-state index < -0.39 is 5.97 Å². The number of nitrogens with zero attached hydrogens (tertiary/aromatic N) is 1. The summed E-state index contributed by atoms with van der Waals surface area (Å²) >= 11 is 0. The molecule has 0 saturated heterocycles. The molecule has 112 valence electrons. The lowest BCUT2D eigenvalue weighted by molar-refractivity contribution is -0.137. The van der Waals surface area contributed by atoms with Crippen LogP contribution in [0.4, 0.5) is 0 Å². The van der Waals surface area contributed by atoms with E-state index in [1.165, 1.54) is 5.56 Å². The van der Waals surface area contributed by atoms with E-state index in [2.05, 4.69) is 25.7 Å². The second-order valence-corrected chi connectivity index (χ2v) is 5.53. The van der Waals surface area contributed by atoms with Gasteiger partial charge in [0.2, 0.25) is 0 Å². The Morgan fingerprint density at radius 1 is 1.20 bits per heavy atom. The molecular weight excluding hydrogens is 254 g/mol. The van der Waals surface area contributed by atoms with Crippen LogP contribution in [0.5, 0.6) is 5.75 Å². The number of carbonyl (C=O) groups is 1. The standard InChI is InChI=1S/C16H25NO3/c1-12(2)17(11-10-16(19)20)13(3)4-5-14-6-8-15(18)9-7-14/h6-9,12-13,18H,4-5,10-11H2,1-3H3,(H,19,20). The van der Waals surface area contributed by atoms with Crippen LogP contribution >= 0.6 is 0 Å². The van der Waals surface area contributed by atoms with Gasteiger partial charge in [0.25, 0.3) is 0 Å². The third-order valence-corrected chi connectivity index (χ3v) is 3.60. The van der Waals surface area contributed by atoms with Crippen LogP contribution in [0.1, 0.15) is 39.2 Å². The number of aryl methyl sites for hydroxylation is 1. The van der Waals surface area contributed by atoms with Gasteiger partial charge in [-0.05, 0) is 51.3 Å². The Labute approximate surface area is 121 Å². The molecule has 1 aromatic rings. The largest absolute Gasteiger partial charge is 0.508 e. The SMILES string of the molecule is CC(C)N(CCC(=O)O)C(C)CCc1ccc(O)cc1. The summed E-state index contributed by atoms with van der Waals surface area (Å²) in [5, 5.41) is 18.1. The Hall–Kier alpha value is -1.55. The average molecular weight is 279 g/mol. The van der Waals surface area contributed by atoms with Crippen LogP contribution in [-0.4, -0.2) is 39.7 Å². The topological polar surface area (TPSA) is 60.8 Å². The molecule has 0 bridgehead atoms. The highest BCUT2D eigenvalue weighted by molar-refractivity contribution is 5.66. The summed E-state index contributed by atoms with van der Waals surface area (Å²) in [4.78, 5) is 12.9. The smallest absolute Gasteiger partial charge is 0.304 e. The molecule has 4 nitrogen and oxygen atoms in total. The van der Waals surface area contributed by atoms with Crippen LogP contribution in [0.25, 0.3) is 0 Å². The maximum atomic E-state index is 10.7. The van der Waals surface area contributed by atoms with Gasteiger partial charge in [0.15, 0.2) is 0 Å². The molecule has 0 saturated carbocycles. The molecule has 0 amide bonds. The summed E-state index contributed by atoms with van der Waals surface area (Å²) < 4.78 is 0. The first kappa shape index (κ1) is 16.5. The van der Waals surface area contributed by atoms with E-state index in [0.717, 1.165) is 12.8 Å². The van der Waals surface area contributed by atoms with E-state index >= 15 is 0 Å². The van der Waals surface area contributed by atoms with Crippen molar-refractivity contribution in [2.75, 3.05) is 6.54 Å². The fourth-order valence-corrected chi connectivity index (χ4v) is 2.42. The van der Waals surface area contributed by atoms with Crippen molar-refractivity contribution >= 4 is 5.97 Å². The molecule has 4 heteroatoms. The highest BCUT2D eigenvalue weighted by atomic mass is 16.4. The first-order valence-electron chi connectivity index (χ1n) is 7.15. The Morgan fingerprint density at radius 2 is 1.80 bits per heavy atom. The summed E-state index contributed by atoms with van der Waals surface area (Å²) in [7, 11) is 0. The number of aliphatic carboxylic acids is 1. The van der Waals surface area contributed by atoms with Crippen LogP contribution in [0.2, 0.25) is 0 Å². The number of carboxylic acids is 1. The van der Waals surface area contributed by atoms with Crippen molar-refractivity contribution in [3.63, 3.8) is 0 Å². The van der Waals surface area contributed by atoms with Crippen molar-refractivity contribution in [1.82, 2.24) is 4.90 Å². The maximum Gasteiger partial charge on any atom is 0.304 e. The molecule has 0 aromatic heterocycles. The Morgan fingerprint density at radius 3 is 2.30 bits per heavy atom. The average Bonchev–Trinajstić information content (AvgIpc) is 2.37. The van der Waals surface area contributed by atoms with Crippen molar-refractivity contribution < 1.29 is 15.0 Å². The highest BCUT2D eigenvalue weighted by Crippen LogP contribution is 2.15. The minimum atomic E-state index is -0.749. The van der Waals surface area contributed by atoms with Crippen LogP contribution < -0.4 is 0 Å². The zero-order valence-electron chi connectivity index (χ0n) is 12.5. The summed E-state index contributed by atoms with van der Waals surface area (Å²) in [6.45, 7) is 6.92. The number of rotatable bonds is 8. The molecule has 0 heterocycles. The predicted molar refractivity (Wildman–Crippen MR) is 80.0 cm³/mol. The van der Waals surface area contributed by atoms with Gasteiger partial charge < -0.3 is 10.2 Å². The highest BCUT2D eigenvalue weighted by Gasteiger charge is 2.17. The Bertz CT molecular complexity index is 414. The molecule has 0 spiro atoms. The zero-order chi connectivity index (χ0) is 15.1. The monoisotopic (exact) mass is 279 g/mol. The van der Waals surface area contributed by atoms with Gasteiger partial charge in [-0.3, -0.25) is 9.69 Å². The fourth-order valence-electron chi connectivity index (χ4n) is 2.42. The van der Waals surface area contributed by atoms with Crippen molar-refractivity contribution in [3.05, 3.63) is 29.8 Å². The molecule has 0 fully saturated rings. The number of hydrogen-bond donors (Lipinski definition) is 2. The van der Waals surface area contributed by atoms with Crippen molar-refractivity contribution in [2.45, 2.75) is 52.1 Å². The van der Waals surface area contributed by atoms with E-state index in [-0.39, 0.29) is 12.2 Å². The van der Waals surface area contributed by atoms with Crippen molar-refractivity contribution in [2.24, 2.45) is 0 Å². The molecule has 0 aliphatic heterocycles. The number of benzene rings is 1. The van der Waals surface area contributed by atoms with E-state index in [9.17, 15) is 9.90 Å². The van der Waals surface area contributed by atoms with Gasteiger partial charge in [0.05, 0.1) is 6.42 Å². The number of hydrogen-bond acceptors (Lipinski definition) is 3. The van der Waals surface area contributed by atoms with Gasteiger partial charge in [0.1, 0.15) is 5.75 Å². The summed E-state index contributed by atoms with van der Waals surface area (Å²) in [5.74, 6) is -0.464.